The second-order valence-electron chi connectivity index (χ2n) is 2.10. The minimum Gasteiger partial charge on any atom is -0.216 e. The predicted molar refractivity (Wildman–Crippen MR) is 42.7 cm³/mol. The number of halogens is 1. The van der Waals surface area contributed by atoms with Crippen LogP contribution < -0.4 is 0 Å². The fourth-order valence-corrected chi connectivity index (χ4v) is 1.37. The largest absolute Gasteiger partial charge is 0.264 e. The number of benzene rings is 1. The van der Waals surface area contributed by atoms with Gasteiger partial charge in [-0.1, -0.05) is 0 Å². The van der Waals surface area contributed by atoms with Gasteiger partial charge in [0, 0.05) is 9.43 Å². The molecular formula is C6H4FN3O2S. The number of sulfonamides is 1. The van der Waals surface area contributed by atoms with Gasteiger partial charge in [0.25, 0.3) is 10.0 Å². The average Bonchev–Trinajstić information content (AvgIpc) is 2.05. The van der Waals surface area contributed by atoms with Gasteiger partial charge in [-0.15, -0.1) is 0 Å². The van der Waals surface area contributed by atoms with Crippen LogP contribution in [0.5, 0.6) is 0 Å². The molecule has 7 heteroatoms. The van der Waals surface area contributed by atoms with Gasteiger partial charge in [-0.3, -0.25) is 0 Å². The summed E-state index contributed by atoms with van der Waals surface area (Å²) in [4.78, 5) is 1.92. The molecule has 13 heavy (non-hydrogen) atoms. The first kappa shape index (κ1) is 9.50. The van der Waals surface area contributed by atoms with E-state index in [1.54, 1.807) is 0 Å². The Morgan fingerprint density at radius 2 is 1.85 bits per heavy atom. The molecule has 1 rings (SSSR count). The van der Waals surface area contributed by atoms with Crippen LogP contribution in [0, 0.1) is 5.82 Å². The highest BCUT2D eigenvalue weighted by atomic mass is 32.2. The van der Waals surface area contributed by atoms with Gasteiger partial charge in [0.15, 0.2) is 0 Å². The molecule has 0 amide bonds. The van der Waals surface area contributed by atoms with Crippen LogP contribution in [-0.2, 0) is 10.0 Å². The van der Waals surface area contributed by atoms with Gasteiger partial charge in [-0.25, -0.2) is 12.8 Å². The fourth-order valence-electron chi connectivity index (χ4n) is 0.702. The van der Waals surface area contributed by atoms with Crippen molar-refractivity contribution < 1.29 is 12.8 Å². The van der Waals surface area contributed by atoms with Gasteiger partial charge in [-0.2, -0.15) is 0 Å². The number of nitrogens with zero attached hydrogens (tertiary/aromatic N) is 3. The Labute approximate surface area is 73.5 Å². The van der Waals surface area contributed by atoms with Crippen LogP contribution >= 0.6 is 0 Å². The van der Waals surface area contributed by atoms with E-state index in [0.29, 0.717) is 0 Å². The van der Waals surface area contributed by atoms with Crippen LogP contribution in [0.2, 0.25) is 0 Å². The van der Waals surface area contributed by atoms with Crippen molar-refractivity contribution in [1.82, 2.24) is 0 Å². The highest BCUT2D eigenvalue weighted by Gasteiger charge is 2.10. The lowest BCUT2D eigenvalue weighted by Gasteiger charge is -1.94. The molecule has 0 saturated carbocycles. The zero-order valence-corrected chi connectivity index (χ0v) is 7.07. The molecule has 0 aromatic heterocycles. The van der Waals surface area contributed by atoms with E-state index in [2.05, 4.69) is 9.43 Å². The van der Waals surface area contributed by atoms with Crippen molar-refractivity contribution in [3.05, 3.63) is 40.5 Å². The number of rotatable bonds is 2. The summed E-state index contributed by atoms with van der Waals surface area (Å²) in [6.07, 6.45) is 0. The second-order valence-corrected chi connectivity index (χ2v) is 3.68. The fraction of sp³-hybridized carbons (Fsp3) is 0. The molecule has 0 unspecified atom stereocenters. The van der Waals surface area contributed by atoms with Gasteiger partial charge >= 0.3 is 0 Å². The molecule has 0 bridgehead atoms. The first-order valence-electron chi connectivity index (χ1n) is 3.13. The highest BCUT2D eigenvalue weighted by molar-refractivity contribution is 7.90. The number of hydrogen-bond acceptors (Lipinski definition) is 2. The topological polar surface area (TPSA) is 82.9 Å². The standard InChI is InChI=1S/C6H4FN3O2S/c7-5-1-3-6(4-2-5)13(11,12)10-9-8/h1-4H. The van der Waals surface area contributed by atoms with Crippen LogP contribution in [-0.4, -0.2) is 8.42 Å². The van der Waals surface area contributed by atoms with E-state index in [0.717, 1.165) is 24.3 Å². The third kappa shape index (κ3) is 2.17. The van der Waals surface area contributed by atoms with Crippen LogP contribution in [0.1, 0.15) is 0 Å². The van der Waals surface area contributed by atoms with Gasteiger partial charge in [0.1, 0.15) is 5.82 Å². The van der Waals surface area contributed by atoms with Crippen LogP contribution in [0.4, 0.5) is 4.39 Å². The predicted octanol–water partition coefficient (Wildman–Crippen LogP) is 1.82. The van der Waals surface area contributed by atoms with E-state index >= 15 is 0 Å². The molecule has 0 aliphatic carbocycles. The van der Waals surface area contributed by atoms with E-state index in [1.165, 1.54) is 0 Å². The van der Waals surface area contributed by atoms with Crippen molar-refractivity contribution in [2.75, 3.05) is 0 Å². The van der Waals surface area contributed by atoms with Gasteiger partial charge < -0.3 is 0 Å². The van der Waals surface area contributed by atoms with Gasteiger partial charge in [-0.05, 0) is 29.8 Å². The third-order valence-electron chi connectivity index (χ3n) is 1.26. The molecule has 0 fully saturated rings. The van der Waals surface area contributed by atoms with Crippen LogP contribution in [0.25, 0.3) is 10.4 Å². The molecule has 0 heterocycles. The summed E-state index contributed by atoms with van der Waals surface area (Å²) >= 11 is 0. The molecule has 0 radical (unpaired) electrons. The second kappa shape index (κ2) is 3.42. The maximum absolute atomic E-state index is 12.4. The first-order chi connectivity index (χ1) is 6.06. The molecule has 1 aromatic carbocycles. The Morgan fingerprint density at radius 1 is 1.31 bits per heavy atom. The van der Waals surface area contributed by atoms with Gasteiger partial charge in [0.05, 0.1) is 4.90 Å². The molecule has 0 atom stereocenters. The third-order valence-corrected chi connectivity index (χ3v) is 2.41. The quantitative estimate of drug-likeness (QED) is 0.415. The van der Waals surface area contributed by atoms with Crippen molar-refractivity contribution >= 4 is 10.0 Å². The van der Waals surface area contributed by atoms with Crippen molar-refractivity contribution in [1.29, 1.82) is 0 Å². The Morgan fingerprint density at radius 3 is 2.31 bits per heavy atom. The molecule has 0 saturated heterocycles. The monoisotopic (exact) mass is 201 g/mol. The SMILES string of the molecule is [N-]=[N+]=NS(=O)(=O)c1ccc(F)cc1. The summed E-state index contributed by atoms with van der Waals surface area (Å²) in [5.74, 6) is -0.556. The molecule has 5 nitrogen and oxygen atoms in total. The first-order valence-corrected chi connectivity index (χ1v) is 4.57. The zero-order valence-electron chi connectivity index (χ0n) is 6.25. The molecule has 0 N–H and O–H groups in total. The normalized spacial score (nSPS) is 10.5. The number of azide groups is 1. The Hall–Kier alpha value is -1.59. The lowest BCUT2D eigenvalue weighted by molar-refractivity contribution is 0.596. The zero-order chi connectivity index (χ0) is 9.90. The Kier molecular flexibility index (Phi) is 2.50. The summed E-state index contributed by atoms with van der Waals surface area (Å²) in [6, 6.07) is 4.00. The lowest BCUT2D eigenvalue weighted by Crippen LogP contribution is -1.94. The van der Waals surface area contributed by atoms with E-state index in [1.807, 2.05) is 0 Å². The lowest BCUT2D eigenvalue weighted by atomic mass is 10.4. The Bertz CT molecular complexity index is 447. The molecular weight excluding hydrogens is 197 g/mol. The summed E-state index contributed by atoms with van der Waals surface area (Å²) in [7, 11) is -3.99. The minimum absolute atomic E-state index is 0.230. The average molecular weight is 201 g/mol. The van der Waals surface area contributed by atoms with Crippen molar-refractivity contribution in [2.24, 2.45) is 4.52 Å². The Balaban J connectivity index is 3.24. The summed E-state index contributed by atoms with van der Waals surface area (Å²) in [6.45, 7) is 0. The molecule has 0 spiro atoms. The molecule has 0 aliphatic rings. The van der Waals surface area contributed by atoms with E-state index < -0.39 is 15.8 Å². The van der Waals surface area contributed by atoms with Crippen LogP contribution in [0.3, 0.4) is 0 Å². The van der Waals surface area contributed by atoms with Crippen molar-refractivity contribution in [3.8, 4) is 0 Å². The van der Waals surface area contributed by atoms with E-state index in [9.17, 15) is 12.8 Å². The molecule has 68 valence electrons. The number of hydrogen-bond donors (Lipinski definition) is 0. The summed E-state index contributed by atoms with van der Waals surface area (Å²) in [5, 5.41) is 0. The summed E-state index contributed by atoms with van der Waals surface area (Å²) < 4.78 is 37.0. The van der Waals surface area contributed by atoms with Gasteiger partial charge in [0.2, 0.25) is 0 Å². The minimum atomic E-state index is -3.99. The van der Waals surface area contributed by atoms with Crippen molar-refractivity contribution in [3.63, 3.8) is 0 Å². The maximum Gasteiger partial charge on any atom is 0.264 e. The van der Waals surface area contributed by atoms with E-state index in [4.69, 9.17) is 5.53 Å². The van der Waals surface area contributed by atoms with Crippen LogP contribution in [0.15, 0.2) is 33.7 Å². The van der Waals surface area contributed by atoms with E-state index in [-0.39, 0.29) is 4.90 Å². The maximum atomic E-state index is 12.4. The summed E-state index contributed by atoms with van der Waals surface area (Å²) in [5.41, 5.74) is 7.92. The smallest absolute Gasteiger partial charge is 0.216 e. The molecule has 0 aliphatic heterocycles. The highest BCUT2D eigenvalue weighted by Crippen LogP contribution is 2.12. The van der Waals surface area contributed by atoms with Crippen molar-refractivity contribution in [2.45, 2.75) is 4.90 Å². The molecule has 1 aromatic rings.